The van der Waals surface area contributed by atoms with E-state index in [4.69, 9.17) is 0 Å². The molecule has 2 aromatic rings. The third kappa shape index (κ3) is 2.94. The maximum atomic E-state index is 12.6. The van der Waals surface area contributed by atoms with Crippen LogP contribution in [0.25, 0.3) is 10.4 Å². The number of thiophene rings is 1. The molecule has 1 aromatic carbocycles. The van der Waals surface area contributed by atoms with Gasteiger partial charge in [0.25, 0.3) is 5.91 Å². The fourth-order valence-corrected chi connectivity index (χ4v) is 4.85. The van der Waals surface area contributed by atoms with Crippen molar-refractivity contribution in [3.8, 4) is 16.2 Å². The molecule has 5 heteroatoms. The Hall–Kier alpha value is -1.85. The molecule has 3 saturated heterocycles. The van der Waals surface area contributed by atoms with Gasteiger partial charge in [0.1, 0.15) is 5.75 Å². The molecule has 0 radical (unpaired) electrons. The largest absolute Gasteiger partial charge is 0.508 e. The topological polar surface area (TPSA) is 52.6 Å². The van der Waals surface area contributed by atoms with Crippen LogP contribution in [0.5, 0.6) is 5.75 Å². The first kappa shape index (κ1) is 15.7. The minimum atomic E-state index is 0.0384. The van der Waals surface area contributed by atoms with Gasteiger partial charge in [-0.3, -0.25) is 9.69 Å². The summed E-state index contributed by atoms with van der Waals surface area (Å²) in [4.78, 5) is 16.9. The van der Waals surface area contributed by atoms with E-state index in [9.17, 15) is 9.90 Å². The lowest BCUT2D eigenvalue weighted by Crippen LogP contribution is -2.60. The minimum absolute atomic E-state index is 0.0384. The fourth-order valence-electron chi connectivity index (χ4n) is 3.94. The van der Waals surface area contributed by atoms with E-state index in [0.29, 0.717) is 12.0 Å². The molecular formula is C19H22N2O2S. The average molecular weight is 342 g/mol. The lowest BCUT2D eigenvalue weighted by molar-refractivity contribution is 0.0275. The highest BCUT2D eigenvalue weighted by Crippen LogP contribution is 2.33. The highest BCUT2D eigenvalue weighted by molar-refractivity contribution is 7.17. The lowest BCUT2D eigenvalue weighted by atomic mass is 9.80. The Morgan fingerprint density at radius 2 is 2.04 bits per heavy atom. The van der Waals surface area contributed by atoms with Gasteiger partial charge < -0.3 is 10.4 Å². The van der Waals surface area contributed by atoms with Crippen LogP contribution in [0.3, 0.4) is 0 Å². The molecule has 4 atom stereocenters. The zero-order chi connectivity index (χ0) is 16.7. The number of phenols is 1. The Kier molecular flexibility index (Phi) is 4.06. The van der Waals surface area contributed by atoms with E-state index >= 15 is 0 Å². The van der Waals surface area contributed by atoms with Crippen LogP contribution >= 0.6 is 11.3 Å². The first-order valence-corrected chi connectivity index (χ1v) is 9.36. The van der Waals surface area contributed by atoms with Crippen LogP contribution in [0.15, 0.2) is 36.4 Å². The van der Waals surface area contributed by atoms with Gasteiger partial charge in [0.2, 0.25) is 0 Å². The van der Waals surface area contributed by atoms with Gasteiger partial charge in [-0.1, -0.05) is 0 Å². The molecule has 0 saturated carbocycles. The molecule has 0 spiro atoms. The Morgan fingerprint density at radius 1 is 1.25 bits per heavy atom. The lowest BCUT2D eigenvalue weighted by Gasteiger charge is -2.48. The molecular weight excluding hydrogens is 320 g/mol. The van der Waals surface area contributed by atoms with Gasteiger partial charge in [0.15, 0.2) is 0 Å². The predicted molar refractivity (Wildman–Crippen MR) is 96.4 cm³/mol. The van der Waals surface area contributed by atoms with Crippen LogP contribution in [0, 0.1) is 5.92 Å². The van der Waals surface area contributed by atoms with E-state index in [1.807, 2.05) is 24.3 Å². The second-order valence-electron chi connectivity index (χ2n) is 6.92. The van der Waals surface area contributed by atoms with Crippen LogP contribution in [0.2, 0.25) is 0 Å². The Balaban J connectivity index is 1.45. The molecule has 0 aliphatic carbocycles. The molecule has 3 unspecified atom stereocenters. The molecule has 4 nitrogen and oxygen atoms in total. The Labute approximate surface area is 146 Å². The highest BCUT2D eigenvalue weighted by Gasteiger charge is 2.38. The Bertz CT molecular complexity index is 740. The zero-order valence-corrected chi connectivity index (χ0v) is 14.6. The molecule has 1 aromatic heterocycles. The molecule has 3 aliphatic rings. The summed E-state index contributed by atoms with van der Waals surface area (Å²) in [6.07, 6.45) is 2.38. The van der Waals surface area contributed by atoms with Crippen LogP contribution in [-0.2, 0) is 0 Å². The normalized spacial score (nSPS) is 28.7. The van der Waals surface area contributed by atoms with Crippen molar-refractivity contribution in [2.75, 3.05) is 13.1 Å². The Morgan fingerprint density at radius 3 is 2.71 bits per heavy atom. The fraction of sp³-hybridized carbons (Fsp3) is 0.421. The minimum Gasteiger partial charge on any atom is -0.508 e. The van der Waals surface area contributed by atoms with Gasteiger partial charge in [-0.15, -0.1) is 11.3 Å². The standard InChI is InChI=1S/C19H22N2O2S/c1-12-10-14-8-9-21(12)11-16(14)20-19(23)18-7-6-17(24-18)13-2-4-15(22)5-3-13/h2-7,12,14,16,22H,8-11H2,1H3,(H,20,23)/t12?,14?,16-/m0/s1. The van der Waals surface area contributed by atoms with Crippen LogP contribution in [0.4, 0.5) is 0 Å². The maximum absolute atomic E-state index is 12.6. The molecule has 3 aliphatic heterocycles. The summed E-state index contributed by atoms with van der Waals surface area (Å²) >= 11 is 1.50. The van der Waals surface area contributed by atoms with E-state index in [1.165, 1.54) is 30.7 Å². The van der Waals surface area contributed by atoms with E-state index in [1.54, 1.807) is 12.1 Å². The number of carbonyl (C=O) groups is 1. The van der Waals surface area contributed by atoms with E-state index < -0.39 is 0 Å². The molecule has 1 amide bonds. The molecule has 24 heavy (non-hydrogen) atoms. The molecule has 5 rings (SSSR count). The van der Waals surface area contributed by atoms with Gasteiger partial charge in [0, 0.05) is 23.5 Å². The SMILES string of the molecule is CC1CC2CCN1C[C@@H]2NC(=O)c1ccc(-c2ccc(O)cc2)s1. The molecule has 3 fully saturated rings. The zero-order valence-electron chi connectivity index (χ0n) is 13.7. The summed E-state index contributed by atoms with van der Waals surface area (Å²) < 4.78 is 0. The number of hydrogen-bond acceptors (Lipinski definition) is 4. The van der Waals surface area contributed by atoms with E-state index in [2.05, 4.69) is 17.1 Å². The van der Waals surface area contributed by atoms with Crippen molar-refractivity contribution < 1.29 is 9.90 Å². The molecule has 126 valence electrons. The third-order valence-electron chi connectivity index (χ3n) is 5.35. The van der Waals surface area contributed by atoms with E-state index in [0.717, 1.165) is 21.9 Å². The first-order chi connectivity index (χ1) is 11.6. The number of amides is 1. The summed E-state index contributed by atoms with van der Waals surface area (Å²) in [7, 11) is 0. The quantitative estimate of drug-likeness (QED) is 0.899. The van der Waals surface area contributed by atoms with Crippen molar-refractivity contribution >= 4 is 17.2 Å². The van der Waals surface area contributed by atoms with Crippen molar-refractivity contribution in [3.63, 3.8) is 0 Å². The number of piperidine rings is 3. The van der Waals surface area contributed by atoms with Crippen molar-refractivity contribution in [3.05, 3.63) is 41.3 Å². The second-order valence-corrected chi connectivity index (χ2v) is 8.00. The van der Waals surface area contributed by atoms with Crippen LogP contribution < -0.4 is 5.32 Å². The summed E-state index contributed by atoms with van der Waals surface area (Å²) in [5.74, 6) is 0.909. The van der Waals surface area contributed by atoms with Gasteiger partial charge in [0.05, 0.1) is 4.88 Å². The number of hydrogen-bond donors (Lipinski definition) is 2. The van der Waals surface area contributed by atoms with Crippen molar-refractivity contribution in [1.82, 2.24) is 10.2 Å². The molecule has 4 heterocycles. The molecule has 2 bridgehead atoms. The number of nitrogens with one attached hydrogen (secondary N) is 1. The van der Waals surface area contributed by atoms with Crippen LogP contribution in [0.1, 0.15) is 29.4 Å². The molecule has 2 N–H and O–H groups in total. The number of benzene rings is 1. The number of rotatable bonds is 3. The summed E-state index contributed by atoms with van der Waals surface area (Å²) in [5, 5.41) is 12.6. The maximum Gasteiger partial charge on any atom is 0.261 e. The smallest absolute Gasteiger partial charge is 0.261 e. The number of phenolic OH excluding ortho intramolecular Hbond substituents is 1. The van der Waals surface area contributed by atoms with Gasteiger partial charge >= 0.3 is 0 Å². The first-order valence-electron chi connectivity index (χ1n) is 8.54. The van der Waals surface area contributed by atoms with Gasteiger partial charge in [-0.2, -0.15) is 0 Å². The van der Waals surface area contributed by atoms with Gasteiger partial charge in [-0.25, -0.2) is 0 Å². The van der Waals surface area contributed by atoms with Crippen molar-refractivity contribution in [2.24, 2.45) is 5.92 Å². The predicted octanol–water partition coefficient (Wildman–Crippen LogP) is 3.33. The number of fused-ring (bicyclic) bond motifs is 3. The van der Waals surface area contributed by atoms with Crippen molar-refractivity contribution in [2.45, 2.75) is 31.8 Å². The second kappa shape index (κ2) is 6.22. The number of aromatic hydroxyl groups is 1. The summed E-state index contributed by atoms with van der Waals surface area (Å²) in [5.41, 5.74) is 1.02. The summed E-state index contributed by atoms with van der Waals surface area (Å²) in [6, 6.07) is 11.9. The van der Waals surface area contributed by atoms with E-state index in [-0.39, 0.29) is 17.7 Å². The monoisotopic (exact) mass is 342 g/mol. The number of nitrogens with zero attached hydrogens (tertiary/aromatic N) is 1. The third-order valence-corrected chi connectivity index (χ3v) is 6.49. The van der Waals surface area contributed by atoms with Crippen molar-refractivity contribution in [1.29, 1.82) is 0 Å². The van der Waals surface area contributed by atoms with Gasteiger partial charge in [-0.05, 0) is 74.2 Å². The number of carbonyl (C=O) groups excluding carboxylic acids is 1. The van der Waals surface area contributed by atoms with Crippen LogP contribution in [-0.4, -0.2) is 41.1 Å². The average Bonchev–Trinajstić information content (AvgIpc) is 3.07. The highest BCUT2D eigenvalue weighted by atomic mass is 32.1. The summed E-state index contributed by atoms with van der Waals surface area (Å²) in [6.45, 7) is 4.43.